The molecule has 4 nitrogen and oxygen atoms in total. The van der Waals surface area contributed by atoms with Gasteiger partial charge < -0.3 is 5.11 Å². The van der Waals surface area contributed by atoms with Crippen molar-refractivity contribution >= 4 is 17.7 Å². The van der Waals surface area contributed by atoms with Crippen molar-refractivity contribution in [2.75, 3.05) is 0 Å². The standard InChI is InChI=1S/C13H11FN2O2S/c1-8-4-5-15-13(16-8)19-7-9-2-3-11(14)10(6-9)12(17)18/h2-6H,7H2,1H3,(H,17,18). The van der Waals surface area contributed by atoms with Gasteiger partial charge in [0.25, 0.3) is 0 Å². The Morgan fingerprint density at radius 1 is 1.42 bits per heavy atom. The summed E-state index contributed by atoms with van der Waals surface area (Å²) in [5, 5.41) is 9.45. The van der Waals surface area contributed by atoms with Crippen LogP contribution in [0.5, 0.6) is 0 Å². The van der Waals surface area contributed by atoms with Crippen LogP contribution in [0.1, 0.15) is 21.6 Å². The average molecular weight is 278 g/mol. The van der Waals surface area contributed by atoms with E-state index in [9.17, 15) is 9.18 Å². The molecule has 1 heterocycles. The monoisotopic (exact) mass is 278 g/mol. The van der Waals surface area contributed by atoms with E-state index in [1.54, 1.807) is 18.3 Å². The summed E-state index contributed by atoms with van der Waals surface area (Å²) in [6, 6.07) is 5.85. The lowest BCUT2D eigenvalue weighted by Crippen LogP contribution is -2.01. The number of hydrogen-bond donors (Lipinski definition) is 1. The van der Waals surface area contributed by atoms with E-state index in [2.05, 4.69) is 9.97 Å². The summed E-state index contributed by atoms with van der Waals surface area (Å²) in [5.41, 5.74) is 1.26. The maximum atomic E-state index is 13.2. The number of carboxylic acids is 1. The Balaban J connectivity index is 2.12. The summed E-state index contributed by atoms with van der Waals surface area (Å²) in [6.07, 6.45) is 1.66. The van der Waals surface area contributed by atoms with E-state index in [-0.39, 0.29) is 5.56 Å². The number of benzene rings is 1. The summed E-state index contributed by atoms with van der Waals surface area (Å²) in [7, 11) is 0. The molecule has 0 aliphatic carbocycles. The minimum atomic E-state index is -1.27. The van der Waals surface area contributed by atoms with Gasteiger partial charge in [0.05, 0.1) is 5.56 Å². The zero-order valence-electron chi connectivity index (χ0n) is 10.1. The van der Waals surface area contributed by atoms with E-state index >= 15 is 0 Å². The fourth-order valence-corrected chi connectivity index (χ4v) is 2.29. The number of aromatic carboxylic acids is 1. The van der Waals surface area contributed by atoms with Crippen LogP contribution in [-0.2, 0) is 5.75 Å². The normalized spacial score (nSPS) is 10.4. The van der Waals surface area contributed by atoms with E-state index in [0.717, 1.165) is 11.8 Å². The predicted octanol–water partition coefficient (Wildman–Crippen LogP) is 2.91. The van der Waals surface area contributed by atoms with Crippen LogP contribution in [-0.4, -0.2) is 21.0 Å². The number of halogens is 1. The third kappa shape index (κ3) is 3.51. The Kier molecular flexibility index (Phi) is 4.11. The molecule has 0 amide bonds. The van der Waals surface area contributed by atoms with Crippen LogP contribution >= 0.6 is 11.8 Å². The number of thioether (sulfide) groups is 1. The van der Waals surface area contributed by atoms with Crippen LogP contribution in [0, 0.1) is 12.7 Å². The summed E-state index contributed by atoms with van der Waals surface area (Å²) < 4.78 is 13.2. The average Bonchev–Trinajstić information content (AvgIpc) is 2.37. The number of aromatic nitrogens is 2. The summed E-state index contributed by atoms with van der Waals surface area (Å²) >= 11 is 1.38. The lowest BCUT2D eigenvalue weighted by atomic mass is 10.1. The Bertz CT molecular complexity index is 619. The molecule has 0 bridgehead atoms. The number of rotatable bonds is 4. The van der Waals surface area contributed by atoms with E-state index in [1.807, 2.05) is 6.92 Å². The number of carbonyl (C=O) groups is 1. The number of nitrogens with zero attached hydrogens (tertiary/aromatic N) is 2. The first kappa shape index (κ1) is 13.5. The number of aryl methyl sites for hydroxylation is 1. The van der Waals surface area contributed by atoms with Gasteiger partial charge in [0, 0.05) is 17.6 Å². The van der Waals surface area contributed by atoms with Gasteiger partial charge in [-0.1, -0.05) is 17.8 Å². The van der Waals surface area contributed by atoms with Crippen molar-refractivity contribution in [1.82, 2.24) is 9.97 Å². The van der Waals surface area contributed by atoms with Gasteiger partial charge >= 0.3 is 5.97 Å². The first-order chi connectivity index (χ1) is 9.06. The molecule has 1 aromatic heterocycles. The first-order valence-electron chi connectivity index (χ1n) is 5.50. The Labute approximate surface area is 113 Å². The predicted molar refractivity (Wildman–Crippen MR) is 69.7 cm³/mol. The van der Waals surface area contributed by atoms with Crippen LogP contribution in [0.3, 0.4) is 0 Å². The molecule has 98 valence electrons. The van der Waals surface area contributed by atoms with Crippen molar-refractivity contribution in [1.29, 1.82) is 0 Å². The van der Waals surface area contributed by atoms with Crippen molar-refractivity contribution in [3.63, 3.8) is 0 Å². The summed E-state index contributed by atoms with van der Waals surface area (Å²) in [4.78, 5) is 19.1. The molecule has 0 atom stereocenters. The molecule has 0 fully saturated rings. The van der Waals surface area contributed by atoms with E-state index in [4.69, 9.17) is 5.11 Å². The second-order valence-electron chi connectivity index (χ2n) is 3.89. The third-order valence-corrected chi connectivity index (χ3v) is 3.33. The van der Waals surface area contributed by atoms with Crippen molar-refractivity contribution in [2.45, 2.75) is 17.8 Å². The molecule has 1 N–H and O–H groups in total. The largest absolute Gasteiger partial charge is 0.478 e. The minimum absolute atomic E-state index is 0.316. The Hall–Kier alpha value is -1.95. The lowest BCUT2D eigenvalue weighted by Gasteiger charge is -2.03. The van der Waals surface area contributed by atoms with Crippen molar-refractivity contribution in [3.8, 4) is 0 Å². The van der Waals surface area contributed by atoms with Crippen LogP contribution in [0.15, 0.2) is 35.6 Å². The van der Waals surface area contributed by atoms with Crippen LogP contribution in [0.4, 0.5) is 4.39 Å². The Morgan fingerprint density at radius 3 is 2.89 bits per heavy atom. The zero-order chi connectivity index (χ0) is 13.8. The highest BCUT2D eigenvalue weighted by molar-refractivity contribution is 7.98. The molecule has 6 heteroatoms. The lowest BCUT2D eigenvalue weighted by molar-refractivity contribution is 0.0692. The van der Waals surface area contributed by atoms with Gasteiger partial charge in [-0.3, -0.25) is 0 Å². The van der Waals surface area contributed by atoms with Crippen LogP contribution in [0.2, 0.25) is 0 Å². The van der Waals surface area contributed by atoms with Crippen molar-refractivity contribution in [2.24, 2.45) is 0 Å². The van der Waals surface area contributed by atoms with Crippen LogP contribution in [0.25, 0.3) is 0 Å². The molecule has 0 aliphatic heterocycles. The molecule has 1 aromatic carbocycles. The summed E-state index contributed by atoms with van der Waals surface area (Å²) in [5.74, 6) is -1.51. The maximum absolute atomic E-state index is 13.2. The van der Waals surface area contributed by atoms with Crippen molar-refractivity contribution in [3.05, 3.63) is 53.1 Å². The van der Waals surface area contributed by atoms with E-state index < -0.39 is 11.8 Å². The maximum Gasteiger partial charge on any atom is 0.338 e. The molecule has 2 rings (SSSR count). The molecule has 19 heavy (non-hydrogen) atoms. The van der Waals surface area contributed by atoms with Crippen molar-refractivity contribution < 1.29 is 14.3 Å². The van der Waals surface area contributed by atoms with Gasteiger partial charge in [-0.15, -0.1) is 0 Å². The molecule has 0 saturated heterocycles. The smallest absolute Gasteiger partial charge is 0.338 e. The molecular formula is C13H11FN2O2S. The molecule has 0 saturated carbocycles. The zero-order valence-corrected chi connectivity index (χ0v) is 10.9. The fraction of sp³-hybridized carbons (Fsp3) is 0.154. The van der Waals surface area contributed by atoms with Gasteiger partial charge in [0.2, 0.25) is 0 Å². The second-order valence-corrected chi connectivity index (χ2v) is 4.83. The van der Waals surface area contributed by atoms with Gasteiger partial charge in [0.15, 0.2) is 5.16 Å². The van der Waals surface area contributed by atoms with E-state index in [1.165, 1.54) is 17.8 Å². The minimum Gasteiger partial charge on any atom is -0.478 e. The SMILES string of the molecule is Cc1ccnc(SCc2ccc(F)c(C(=O)O)c2)n1. The molecule has 0 radical (unpaired) electrons. The number of carboxylic acid groups (broad SMARTS) is 1. The van der Waals surface area contributed by atoms with Gasteiger partial charge in [-0.05, 0) is 30.7 Å². The summed E-state index contributed by atoms with van der Waals surface area (Å²) in [6.45, 7) is 1.87. The highest BCUT2D eigenvalue weighted by Gasteiger charge is 2.11. The molecule has 2 aromatic rings. The Morgan fingerprint density at radius 2 is 2.21 bits per heavy atom. The topological polar surface area (TPSA) is 63.1 Å². The molecule has 0 unspecified atom stereocenters. The quantitative estimate of drug-likeness (QED) is 0.688. The highest BCUT2D eigenvalue weighted by atomic mass is 32.2. The fourth-order valence-electron chi connectivity index (χ4n) is 1.47. The van der Waals surface area contributed by atoms with Gasteiger partial charge in [0.1, 0.15) is 5.82 Å². The van der Waals surface area contributed by atoms with E-state index in [0.29, 0.717) is 16.5 Å². The number of hydrogen-bond acceptors (Lipinski definition) is 4. The van der Waals surface area contributed by atoms with Gasteiger partial charge in [-0.25, -0.2) is 19.2 Å². The highest BCUT2D eigenvalue weighted by Crippen LogP contribution is 2.20. The molecule has 0 spiro atoms. The van der Waals surface area contributed by atoms with Gasteiger partial charge in [-0.2, -0.15) is 0 Å². The third-order valence-electron chi connectivity index (χ3n) is 2.40. The second kappa shape index (κ2) is 5.79. The molecular weight excluding hydrogens is 267 g/mol. The van der Waals surface area contributed by atoms with Crippen LogP contribution < -0.4 is 0 Å². The molecule has 0 aliphatic rings. The first-order valence-corrected chi connectivity index (χ1v) is 6.49.